The number of benzene rings is 1. The molecule has 1 aromatic rings. The molecule has 1 aromatic carbocycles. The molecule has 2 N–H and O–H groups in total. The van der Waals surface area contributed by atoms with E-state index in [0.29, 0.717) is 23.6 Å². The van der Waals surface area contributed by atoms with E-state index < -0.39 is 5.97 Å². The van der Waals surface area contributed by atoms with Gasteiger partial charge in [-0.25, -0.2) is 4.79 Å². The highest BCUT2D eigenvalue weighted by Crippen LogP contribution is 2.22. The summed E-state index contributed by atoms with van der Waals surface area (Å²) in [5, 5.41) is 0. The first-order valence-electron chi connectivity index (χ1n) is 5.22. The number of methoxy groups -OCH3 is 2. The summed E-state index contributed by atoms with van der Waals surface area (Å²) >= 11 is 0. The fraction of sp³-hybridized carbons (Fsp3) is 0.417. The molecular weight excluding hydrogens is 222 g/mol. The van der Waals surface area contributed by atoms with Gasteiger partial charge in [-0.05, 0) is 25.1 Å². The third-order valence-corrected chi connectivity index (χ3v) is 2.28. The zero-order valence-electron chi connectivity index (χ0n) is 10.2. The second-order valence-electron chi connectivity index (χ2n) is 3.60. The molecule has 0 aliphatic carbocycles. The van der Waals surface area contributed by atoms with Crippen molar-refractivity contribution >= 4 is 11.7 Å². The van der Waals surface area contributed by atoms with E-state index in [-0.39, 0.29) is 6.10 Å². The Labute approximate surface area is 100 Å². The summed E-state index contributed by atoms with van der Waals surface area (Å²) in [6.07, 6.45) is -0.0574. The summed E-state index contributed by atoms with van der Waals surface area (Å²) < 4.78 is 15.2. The maximum atomic E-state index is 11.5. The molecule has 1 unspecified atom stereocenters. The van der Waals surface area contributed by atoms with Crippen molar-refractivity contribution in [3.05, 3.63) is 23.8 Å². The van der Waals surface area contributed by atoms with Crippen LogP contribution in [0.25, 0.3) is 0 Å². The van der Waals surface area contributed by atoms with Gasteiger partial charge in [0.1, 0.15) is 17.9 Å². The summed E-state index contributed by atoms with van der Waals surface area (Å²) in [4.78, 5) is 11.5. The number of nitrogens with two attached hydrogens (primary N) is 1. The lowest BCUT2D eigenvalue weighted by Gasteiger charge is -2.14. The number of ether oxygens (including phenoxy) is 3. The molecule has 94 valence electrons. The predicted octanol–water partition coefficient (Wildman–Crippen LogP) is 1.47. The zero-order chi connectivity index (χ0) is 12.8. The molecule has 0 radical (unpaired) electrons. The lowest BCUT2D eigenvalue weighted by atomic mass is 10.2. The molecular formula is C12H17NO4. The third-order valence-electron chi connectivity index (χ3n) is 2.28. The highest BCUT2D eigenvalue weighted by Gasteiger charge is 2.14. The van der Waals surface area contributed by atoms with E-state index in [1.54, 1.807) is 19.2 Å². The number of hydrogen-bond donors (Lipinski definition) is 1. The number of anilines is 1. The minimum Gasteiger partial charge on any atom is -0.490 e. The van der Waals surface area contributed by atoms with E-state index >= 15 is 0 Å². The first-order valence-corrected chi connectivity index (χ1v) is 5.22. The van der Waals surface area contributed by atoms with Gasteiger partial charge in [0.05, 0.1) is 13.2 Å². The summed E-state index contributed by atoms with van der Waals surface area (Å²) in [6.45, 7) is 2.22. The molecule has 0 fully saturated rings. The second kappa shape index (κ2) is 6.10. The van der Waals surface area contributed by atoms with Gasteiger partial charge in [-0.3, -0.25) is 0 Å². The van der Waals surface area contributed by atoms with Crippen LogP contribution in [0, 0.1) is 0 Å². The van der Waals surface area contributed by atoms with Crippen LogP contribution in [0.15, 0.2) is 18.2 Å². The maximum absolute atomic E-state index is 11.5. The highest BCUT2D eigenvalue weighted by atomic mass is 16.5. The Kier molecular flexibility index (Phi) is 4.78. The van der Waals surface area contributed by atoms with Crippen molar-refractivity contribution in [1.82, 2.24) is 0 Å². The molecule has 0 aliphatic rings. The Morgan fingerprint density at radius 1 is 1.41 bits per heavy atom. The van der Waals surface area contributed by atoms with Gasteiger partial charge < -0.3 is 19.9 Å². The van der Waals surface area contributed by atoms with Crippen LogP contribution in [-0.4, -0.2) is 32.9 Å². The molecule has 0 aromatic heterocycles. The largest absolute Gasteiger partial charge is 0.490 e. The van der Waals surface area contributed by atoms with Gasteiger partial charge in [-0.1, -0.05) is 0 Å². The van der Waals surface area contributed by atoms with Crippen LogP contribution in [0.1, 0.15) is 17.3 Å². The van der Waals surface area contributed by atoms with Crippen LogP contribution in [0.4, 0.5) is 5.69 Å². The third kappa shape index (κ3) is 3.64. The van der Waals surface area contributed by atoms with Gasteiger partial charge in [0.2, 0.25) is 0 Å². The van der Waals surface area contributed by atoms with Gasteiger partial charge in [-0.15, -0.1) is 0 Å². The quantitative estimate of drug-likeness (QED) is 0.622. The van der Waals surface area contributed by atoms with Gasteiger partial charge >= 0.3 is 5.97 Å². The van der Waals surface area contributed by atoms with Crippen LogP contribution in [0.5, 0.6) is 5.75 Å². The Morgan fingerprint density at radius 3 is 2.71 bits per heavy atom. The average molecular weight is 239 g/mol. The van der Waals surface area contributed by atoms with E-state index in [1.807, 2.05) is 6.92 Å². The molecule has 0 saturated carbocycles. The number of nitrogen functional groups attached to an aromatic ring is 1. The van der Waals surface area contributed by atoms with Crippen LogP contribution in [-0.2, 0) is 9.47 Å². The van der Waals surface area contributed by atoms with E-state index in [1.165, 1.54) is 13.2 Å². The van der Waals surface area contributed by atoms with Crippen LogP contribution < -0.4 is 10.5 Å². The first kappa shape index (κ1) is 13.3. The van der Waals surface area contributed by atoms with Crippen molar-refractivity contribution < 1.29 is 19.0 Å². The molecule has 5 heteroatoms. The average Bonchev–Trinajstić information content (AvgIpc) is 2.35. The number of hydrogen-bond acceptors (Lipinski definition) is 5. The Balaban J connectivity index is 2.86. The van der Waals surface area contributed by atoms with Gasteiger partial charge in [0, 0.05) is 12.8 Å². The fourth-order valence-corrected chi connectivity index (χ4v) is 1.22. The van der Waals surface area contributed by atoms with E-state index in [4.69, 9.17) is 15.2 Å². The summed E-state index contributed by atoms with van der Waals surface area (Å²) in [7, 11) is 2.91. The zero-order valence-corrected chi connectivity index (χ0v) is 10.2. The molecule has 0 aliphatic heterocycles. The monoisotopic (exact) mass is 239 g/mol. The fourth-order valence-electron chi connectivity index (χ4n) is 1.22. The van der Waals surface area contributed by atoms with Crippen molar-refractivity contribution in [1.29, 1.82) is 0 Å². The number of carbonyl (C=O) groups is 1. The predicted molar refractivity (Wildman–Crippen MR) is 64.2 cm³/mol. The van der Waals surface area contributed by atoms with E-state index in [0.717, 1.165) is 0 Å². The summed E-state index contributed by atoms with van der Waals surface area (Å²) in [5.41, 5.74) is 6.41. The van der Waals surface area contributed by atoms with Crippen molar-refractivity contribution in [2.75, 3.05) is 26.6 Å². The number of rotatable bonds is 5. The molecule has 0 bridgehead atoms. The van der Waals surface area contributed by atoms with Crippen molar-refractivity contribution in [2.45, 2.75) is 13.0 Å². The van der Waals surface area contributed by atoms with Crippen molar-refractivity contribution in [3.8, 4) is 5.75 Å². The minimum absolute atomic E-state index is 0.0574. The Bertz CT molecular complexity index is 392. The van der Waals surface area contributed by atoms with Crippen LogP contribution in [0.3, 0.4) is 0 Å². The maximum Gasteiger partial charge on any atom is 0.341 e. The first-order chi connectivity index (χ1) is 8.08. The SMILES string of the molecule is COC(=O)c1cc(N)ccc1OCC(C)OC. The lowest BCUT2D eigenvalue weighted by molar-refractivity contribution is 0.0573. The smallest absolute Gasteiger partial charge is 0.341 e. The van der Waals surface area contributed by atoms with E-state index in [9.17, 15) is 4.79 Å². The summed E-state index contributed by atoms with van der Waals surface area (Å²) in [5.74, 6) is -0.0349. The van der Waals surface area contributed by atoms with Gasteiger partial charge in [0.15, 0.2) is 0 Å². The van der Waals surface area contributed by atoms with Crippen LogP contribution >= 0.6 is 0 Å². The number of carbonyl (C=O) groups excluding carboxylic acids is 1. The topological polar surface area (TPSA) is 70.8 Å². The molecule has 0 spiro atoms. The Hall–Kier alpha value is -1.75. The van der Waals surface area contributed by atoms with Crippen molar-refractivity contribution in [2.24, 2.45) is 0 Å². The molecule has 0 amide bonds. The summed E-state index contributed by atoms with van der Waals surface area (Å²) in [6, 6.07) is 4.84. The van der Waals surface area contributed by atoms with E-state index in [2.05, 4.69) is 4.74 Å². The normalized spacial score (nSPS) is 11.9. The van der Waals surface area contributed by atoms with Crippen molar-refractivity contribution in [3.63, 3.8) is 0 Å². The highest BCUT2D eigenvalue weighted by molar-refractivity contribution is 5.93. The van der Waals surface area contributed by atoms with Gasteiger partial charge in [0.25, 0.3) is 0 Å². The Morgan fingerprint density at radius 2 is 2.12 bits per heavy atom. The number of esters is 1. The molecule has 0 heterocycles. The second-order valence-corrected chi connectivity index (χ2v) is 3.60. The molecule has 0 saturated heterocycles. The minimum atomic E-state index is -0.475. The molecule has 5 nitrogen and oxygen atoms in total. The van der Waals surface area contributed by atoms with Gasteiger partial charge in [-0.2, -0.15) is 0 Å². The molecule has 1 atom stereocenters. The standard InChI is InChI=1S/C12H17NO4/c1-8(15-2)7-17-11-5-4-9(13)6-10(11)12(14)16-3/h4-6,8H,7,13H2,1-3H3. The lowest BCUT2D eigenvalue weighted by Crippen LogP contribution is -2.17. The molecule has 17 heavy (non-hydrogen) atoms. The molecule has 1 rings (SSSR count). The van der Waals surface area contributed by atoms with Crippen LogP contribution in [0.2, 0.25) is 0 Å².